The fourth-order valence-electron chi connectivity index (χ4n) is 10.6. The van der Waals surface area contributed by atoms with Gasteiger partial charge >= 0.3 is 0 Å². The molecule has 3 aromatic rings. The van der Waals surface area contributed by atoms with Gasteiger partial charge in [-0.15, -0.1) is 0 Å². The number of allylic oxidation sites excluding steroid dienone is 2. The van der Waals surface area contributed by atoms with Gasteiger partial charge in [0.1, 0.15) is 0 Å². The molecule has 0 heterocycles. The highest BCUT2D eigenvalue weighted by Crippen LogP contribution is 2.71. The minimum absolute atomic E-state index is 0.0126. The monoisotopic (exact) mass is 604 g/mol. The minimum Gasteiger partial charge on any atom is -0.371 e. The van der Waals surface area contributed by atoms with E-state index in [9.17, 15) is 0 Å². The van der Waals surface area contributed by atoms with Gasteiger partial charge in [0.2, 0.25) is 0 Å². The lowest BCUT2D eigenvalue weighted by Crippen LogP contribution is -2.73. The van der Waals surface area contributed by atoms with Crippen LogP contribution >= 0.6 is 0 Å². The molecule has 4 aliphatic rings. The van der Waals surface area contributed by atoms with Gasteiger partial charge in [0, 0.05) is 11.3 Å². The minimum atomic E-state index is -0.269. The molecule has 0 N–H and O–H groups in total. The van der Waals surface area contributed by atoms with Crippen molar-refractivity contribution in [2.45, 2.75) is 110 Å². The van der Waals surface area contributed by atoms with E-state index in [-0.39, 0.29) is 34.6 Å². The van der Waals surface area contributed by atoms with Crippen molar-refractivity contribution in [2.24, 2.45) is 28.6 Å². The molecule has 0 amide bonds. The van der Waals surface area contributed by atoms with Crippen LogP contribution in [0.3, 0.4) is 0 Å². The molecule has 0 radical (unpaired) electrons. The molecule has 3 heteroatoms. The average molecular weight is 605 g/mol. The van der Waals surface area contributed by atoms with Crippen LogP contribution in [-0.4, -0.2) is 17.8 Å². The van der Waals surface area contributed by atoms with Gasteiger partial charge in [0.05, 0.1) is 37.6 Å². The van der Waals surface area contributed by atoms with Crippen molar-refractivity contribution < 1.29 is 14.2 Å². The fourth-order valence-corrected chi connectivity index (χ4v) is 10.6. The molecular weight excluding hydrogens is 552 g/mol. The standard InChI is InChI=1S/C42H52O3/c1-4-34-23-24-35-37-39(44-29-32-18-10-6-11-19-32)38(43-28-31-16-8-5-9-17-31)36-22-14-15-25-41(36,3)42(37,27-26-40(34,35)2)45-30-33-20-12-7-13-21-33/h4-13,16-21,35-39H,14-15,22-30H2,1-3H3/t35?,36?,37?,38-,39?,40-,41+,42-/m1/s1. The second kappa shape index (κ2) is 12.8. The Bertz CT molecular complexity index is 1440. The normalized spacial score (nSPS) is 36.7. The molecule has 0 spiro atoms. The lowest BCUT2D eigenvalue weighted by Gasteiger charge is -2.69. The number of hydrogen-bond acceptors (Lipinski definition) is 3. The number of fused-ring (bicyclic) bond motifs is 5. The number of benzene rings is 3. The second-order valence-electron chi connectivity index (χ2n) is 14.9. The maximum absolute atomic E-state index is 7.59. The fraction of sp³-hybridized carbons (Fsp3) is 0.524. The first-order valence-electron chi connectivity index (χ1n) is 17.6. The van der Waals surface area contributed by atoms with Crippen LogP contribution in [0.15, 0.2) is 103 Å². The van der Waals surface area contributed by atoms with Crippen LogP contribution in [0, 0.1) is 28.6 Å². The summed E-state index contributed by atoms with van der Waals surface area (Å²) < 4.78 is 22.1. The molecule has 0 bridgehead atoms. The SMILES string of the molecule is CC=C1CCC2C3C(OCc4ccccc4)[C@H](OCc4ccccc4)C4CCCC[C@]4(C)[C@@]3(OCc3ccccc3)CC[C@]12C. The second-order valence-corrected chi connectivity index (χ2v) is 14.9. The van der Waals surface area contributed by atoms with Crippen LogP contribution in [0.1, 0.15) is 88.8 Å². The molecule has 0 aliphatic heterocycles. The molecule has 45 heavy (non-hydrogen) atoms. The largest absolute Gasteiger partial charge is 0.371 e. The van der Waals surface area contributed by atoms with E-state index in [1.807, 2.05) is 0 Å². The Morgan fingerprint density at radius 1 is 0.644 bits per heavy atom. The molecule has 4 unspecified atom stereocenters. The van der Waals surface area contributed by atoms with Gasteiger partial charge in [-0.2, -0.15) is 0 Å². The van der Waals surface area contributed by atoms with Crippen molar-refractivity contribution in [3.8, 4) is 0 Å². The van der Waals surface area contributed by atoms with E-state index in [0.29, 0.717) is 31.7 Å². The number of rotatable bonds is 9. The van der Waals surface area contributed by atoms with Crippen molar-refractivity contribution in [2.75, 3.05) is 0 Å². The molecule has 3 nitrogen and oxygen atoms in total. The molecule has 4 aliphatic carbocycles. The lowest BCUT2D eigenvalue weighted by atomic mass is 9.41. The predicted molar refractivity (Wildman–Crippen MR) is 181 cm³/mol. The Morgan fingerprint density at radius 3 is 1.82 bits per heavy atom. The first-order valence-corrected chi connectivity index (χ1v) is 17.6. The van der Waals surface area contributed by atoms with Gasteiger partial charge in [-0.05, 0) is 79.4 Å². The maximum atomic E-state index is 7.59. The van der Waals surface area contributed by atoms with Crippen LogP contribution in [0.2, 0.25) is 0 Å². The van der Waals surface area contributed by atoms with Crippen molar-refractivity contribution in [1.82, 2.24) is 0 Å². The van der Waals surface area contributed by atoms with Gasteiger partial charge in [0.25, 0.3) is 0 Å². The summed E-state index contributed by atoms with van der Waals surface area (Å²) in [6.07, 6.45) is 11.9. The van der Waals surface area contributed by atoms with Crippen LogP contribution in [0.5, 0.6) is 0 Å². The molecule has 7 rings (SSSR count). The smallest absolute Gasteiger partial charge is 0.0903 e. The highest BCUT2D eigenvalue weighted by atomic mass is 16.5. The topological polar surface area (TPSA) is 27.7 Å². The van der Waals surface area contributed by atoms with Gasteiger partial charge in [-0.3, -0.25) is 0 Å². The summed E-state index contributed by atoms with van der Waals surface area (Å²) in [5, 5.41) is 0. The summed E-state index contributed by atoms with van der Waals surface area (Å²) in [7, 11) is 0. The van der Waals surface area contributed by atoms with Crippen molar-refractivity contribution >= 4 is 0 Å². The molecular formula is C42H52O3. The predicted octanol–water partition coefficient (Wildman–Crippen LogP) is 10.1. The summed E-state index contributed by atoms with van der Waals surface area (Å²) in [6, 6.07) is 32.3. The summed E-state index contributed by atoms with van der Waals surface area (Å²) >= 11 is 0. The first kappa shape index (κ1) is 30.9. The highest BCUT2D eigenvalue weighted by Gasteiger charge is 2.72. The van der Waals surface area contributed by atoms with E-state index < -0.39 is 0 Å². The van der Waals surface area contributed by atoms with Gasteiger partial charge in [-0.25, -0.2) is 0 Å². The van der Waals surface area contributed by atoms with E-state index >= 15 is 0 Å². The summed E-state index contributed by atoms with van der Waals surface area (Å²) in [4.78, 5) is 0. The van der Waals surface area contributed by atoms with Gasteiger partial charge in [-0.1, -0.05) is 129 Å². The Balaban J connectivity index is 1.35. The van der Waals surface area contributed by atoms with Crippen LogP contribution < -0.4 is 0 Å². The van der Waals surface area contributed by atoms with E-state index in [1.165, 1.54) is 61.6 Å². The van der Waals surface area contributed by atoms with Crippen LogP contribution in [0.25, 0.3) is 0 Å². The number of hydrogen-bond donors (Lipinski definition) is 0. The third-order valence-corrected chi connectivity index (χ3v) is 12.8. The Kier molecular flexibility index (Phi) is 8.81. The quantitative estimate of drug-likeness (QED) is 0.228. The van der Waals surface area contributed by atoms with Gasteiger partial charge < -0.3 is 14.2 Å². The zero-order valence-electron chi connectivity index (χ0n) is 27.6. The Labute approximate surface area is 271 Å². The Hall–Kier alpha value is -2.72. The summed E-state index contributed by atoms with van der Waals surface area (Å²) in [5.41, 5.74) is 5.29. The average Bonchev–Trinajstić information content (AvgIpc) is 3.43. The van der Waals surface area contributed by atoms with E-state index in [2.05, 4.69) is 118 Å². The molecule has 4 fully saturated rings. The van der Waals surface area contributed by atoms with Crippen molar-refractivity contribution in [3.63, 3.8) is 0 Å². The van der Waals surface area contributed by atoms with Crippen molar-refractivity contribution in [3.05, 3.63) is 119 Å². The molecule has 8 atom stereocenters. The van der Waals surface area contributed by atoms with Crippen LogP contribution in [0.4, 0.5) is 0 Å². The molecule has 3 aromatic carbocycles. The van der Waals surface area contributed by atoms with E-state index in [1.54, 1.807) is 5.57 Å². The third-order valence-electron chi connectivity index (χ3n) is 12.8. The maximum Gasteiger partial charge on any atom is 0.0903 e. The van der Waals surface area contributed by atoms with E-state index in [4.69, 9.17) is 14.2 Å². The van der Waals surface area contributed by atoms with Crippen LogP contribution in [-0.2, 0) is 34.0 Å². The molecule has 4 saturated carbocycles. The molecule has 238 valence electrons. The third kappa shape index (κ3) is 5.43. The Morgan fingerprint density at radius 2 is 1.22 bits per heavy atom. The first-order chi connectivity index (χ1) is 22.0. The zero-order valence-corrected chi connectivity index (χ0v) is 27.6. The molecule has 0 aromatic heterocycles. The van der Waals surface area contributed by atoms with Gasteiger partial charge in [0.15, 0.2) is 0 Å². The zero-order chi connectivity index (χ0) is 30.9. The summed E-state index contributed by atoms with van der Waals surface area (Å²) in [5.74, 6) is 1.13. The number of ether oxygens (including phenoxy) is 3. The molecule has 0 saturated heterocycles. The highest BCUT2D eigenvalue weighted by molar-refractivity contribution is 5.29. The van der Waals surface area contributed by atoms with E-state index in [0.717, 1.165) is 6.42 Å². The van der Waals surface area contributed by atoms with Crippen molar-refractivity contribution in [1.29, 1.82) is 0 Å². The lowest BCUT2D eigenvalue weighted by molar-refractivity contribution is -0.324. The summed E-state index contributed by atoms with van der Waals surface area (Å²) in [6.45, 7) is 9.28.